The van der Waals surface area contributed by atoms with E-state index in [2.05, 4.69) is 17.2 Å². The number of nitrogens with zero attached hydrogens (tertiary/aromatic N) is 2. The smallest absolute Gasteiger partial charge is 0.296 e. The molecule has 31 heavy (non-hydrogen) atoms. The molecule has 0 radical (unpaired) electrons. The number of carbonyl (C=O) groups excluding carboxylic acids is 1. The maximum Gasteiger partial charge on any atom is 0.296 e. The third-order valence-electron chi connectivity index (χ3n) is 5.25. The zero-order valence-electron chi connectivity index (χ0n) is 18.9. The number of aromatic hydroxyl groups is 1. The van der Waals surface area contributed by atoms with Crippen LogP contribution >= 0.6 is 0 Å². The molecular formula is C23H32FN3O4. The van der Waals surface area contributed by atoms with E-state index < -0.39 is 22.8 Å². The van der Waals surface area contributed by atoms with Gasteiger partial charge in [-0.05, 0) is 37.5 Å². The van der Waals surface area contributed by atoms with Crippen LogP contribution in [0.3, 0.4) is 0 Å². The molecule has 1 atom stereocenters. The topological polar surface area (TPSA) is 93.5 Å². The van der Waals surface area contributed by atoms with Gasteiger partial charge in [-0.2, -0.15) is 0 Å². The number of fused-ring (bicyclic) bond motifs is 1. The van der Waals surface area contributed by atoms with Gasteiger partial charge >= 0.3 is 0 Å². The Labute approximate surface area is 182 Å². The summed E-state index contributed by atoms with van der Waals surface area (Å²) >= 11 is 0. The first-order chi connectivity index (χ1) is 14.8. The molecule has 7 nitrogen and oxygen atoms in total. The van der Waals surface area contributed by atoms with E-state index in [1.165, 1.54) is 10.6 Å². The lowest BCUT2D eigenvalue weighted by Gasteiger charge is -2.35. The summed E-state index contributed by atoms with van der Waals surface area (Å²) in [5.41, 5.74) is -0.613. The van der Waals surface area contributed by atoms with Crippen LogP contribution in [-0.2, 0) is 23.4 Å². The number of ether oxygens (including phenoxy) is 1. The zero-order valence-corrected chi connectivity index (χ0v) is 18.9. The number of hydrogen-bond acceptors (Lipinski definition) is 5. The van der Waals surface area contributed by atoms with Gasteiger partial charge in [0.25, 0.3) is 11.5 Å². The number of amides is 1. The Hall–Kier alpha value is -2.74. The summed E-state index contributed by atoms with van der Waals surface area (Å²) < 4.78 is 20.7. The molecule has 1 aliphatic rings. The van der Waals surface area contributed by atoms with Crippen LogP contribution in [0, 0.1) is 12.7 Å². The molecule has 0 saturated carbocycles. The summed E-state index contributed by atoms with van der Waals surface area (Å²) in [4.78, 5) is 29.6. The molecule has 0 bridgehead atoms. The minimum Gasteiger partial charge on any atom is -0.501 e. The van der Waals surface area contributed by atoms with Gasteiger partial charge in [0.05, 0.1) is 13.2 Å². The van der Waals surface area contributed by atoms with E-state index in [9.17, 15) is 19.1 Å². The molecule has 1 aromatic carbocycles. The van der Waals surface area contributed by atoms with Crippen molar-refractivity contribution in [3.05, 3.63) is 57.0 Å². The largest absolute Gasteiger partial charge is 0.501 e. The number of benzene rings is 1. The van der Waals surface area contributed by atoms with E-state index >= 15 is 0 Å². The summed E-state index contributed by atoms with van der Waals surface area (Å²) in [6.07, 6.45) is 2.47. The molecule has 1 unspecified atom stereocenters. The predicted octanol–water partition coefficient (Wildman–Crippen LogP) is 3.79. The molecule has 0 aliphatic carbocycles. The molecule has 8 heteroatoms. The number of aryl methyl sites for hydroxylation is 1. The predicted molar refractivity (Wildman–Crippen MR) is 117 cm³/mol. The first-order valence-corrected chi connectivity index (χ1v) is 10.8. The number of aromatic nitrogens is 2. The third-order valence-corrected chi connectivity index (χ3v) is 5.25. The van der Waals surface area contributed by atoms with Gasteiger partial charge in [-0.1, -0.05) is 45.7 Å². The van der Waals surface area contributed by atoms with Gasteiger partial charge in [-0.25, -0.2) is 9.37 Å². The fourth-order valence-corrected chi connectivity index (χ4v) is 3.52. The highest BCUT2D eigenvalue weighted by Crippen LogP contribution is 2.33. The van der Waals surface area contributed by atoms with Crippen molar-refractivity contribution < 1.29 is 19.0 Å². The first-order valence-electron chi connectivity index (χ1n) is 10.8. The molecule has 0 fully saturated rings. The lowest BCUT2D eigenvalue weighted by atomic mass is 9.96. The van der Waals surface area contributed by atoms with Gasteiger partial charge in [0.2, 0.25) is 5.75 Å². The fourth-order valence-electron chi connectivity index (χ4n) is 3.52. The van der Waals surface area contributed by atoms with E-state index in [0.717, 1.165) is 12.8 Å². The van der Waals surface area contributed by atoms with Crippen LogP contribution < -0.4 is 10.9 Å². The Balaban J connectivity index is 0.00000166. The van der Waals surface area contributed by atoms with Crippen molar-refractivity contribution >= 4 is 5.91 Å². The minimum atomic E-state index is -0.801. The van der Waals surface area contributed by atoms with Crippen LogP contribution in [0.25, 0.3) is 0 Å². The minimum absolute atomic E-state index is 0.114. The third kappa shape index (κ3) is 5.31. The Bertz CT molecular complexity index is 990. The van der Waals surface area contributed by atoms with Crippen LogP contribution in [0.2, 0.25) is 0 Å². The monoisotopic (exact) mass is 433 g/mol. The van der Waals surface area contributed by atoms with E-state index in [1.807, 2.05) is 20.8 Å². The van der Waals surface area contributed by atoms with Crippen LogP contribution in [0.1, 0.15) is 74.4 Å². The Morgan fingerprint density at radius 2 is 2.10 bits per heavy atom. The fraction of sp³-hybridized carbons (Fsp3) is 0.522. The van der Waals surface area contributed by atoms with E-state index in [1.54, 1.807) is 19.1 Å². The van der Waals surface area contributed by atoms with Gasteiger partial charge in [0.15, 0.2) is 5.69 Å². The second-order valence-electron chi connectivity index (χ2n) is 7.54. The van der Waals surface area contributed by atoms with Crippen LogP contribution in [0.4, 0.5) is 4.39 Å². The summed E-state index contributed by atoms with van der Waals surface area (Å²) in [6, 6.07) is 4.52. The van der Waals surface area contributed by atoms with Crippen LogP contribution in [0.5, 0.6) is 5.75 Å². The molecule has 170 valence electrons. The Morgan fingerprint density at radius 3 is 2.74 bits per heavy atom. The highest BCUT2D eigenvalue weighted by Gasteiger charge is 2.37. The number of halogens is 1. The van der Waals surface area contributed by atoms with Crippen molar-refractivity contribution in [3.63, 3.8) is 0 Å². The molecule has 0 saturated heterocycles. The van der Waals surface area contributed by atoms with Gasteiger partial charge in [0.1, 0.15) is 17.2 Å². The quantitative estimate of drug-likeness (QED) is 0.723. The van der Waals surface area contributed by atoms with E-state index in [-0.39, 0.29) is 24.6 Å². The normalized spacial score (nSPS) is 17.4. The van der Waals surface area contributed by atoms with Gasteiger partial charge in [-0.15, -0.1) is 0 Å². The molecule has 2 aromatic rings. The molecular weight excluding hydrogens is 401 g/mol. The molecule has 1 amide bonds. The Kier molecular flexibility index (Phi) is 8.33. The molecule has 1 aromatic heterocycles. The number of rotatable bonds is 6. The number of hydrogen-bond donors (Lipinski definition) is 2. The number of carbonyl (C=O) groups is 1. The van der Waals surface area contributed by atoms with Crippen molar-refractivity contribution in [1.29, 1.82) is 0 Å². The van der Waals surface area contributed by atoms with Crippen molar-refractivity contribution in [2.24, 2.45) is 0 Å². The highest BCUT2D eigenvalue weighted by molar-refractivity contribution is 5.94. The second-order valence-corrected chi connectivity index (χ2v) is 7.54. The van der Waals surface area contributed by atoms with Gasteiger partial charge in [-0.3, -0.25) is 14.2 Å². The van der Waals surface area contributed by atoms with Crippen molar-refractivity contribution in [1.82, 2.24) is 14.9 Å². The SMILES string of the molecule is CC.CCCCC1(C)OCCn2c1nc(C(=O)NCc1ccc(F)c(C)c1)c(O)c2=O. The maximum absolute atomic E-state index is 13.4. The van der Waals surface area contributed by atoms with E-state index in [0.29, 0.717) is 30.0 Å². The van der Waals surface area contributed by atoms with Gasteiger partial charge < -0.3 is 15.2 Å². The van der Waals surface area contributed by atoms with Crippen molar-refractivity contribution in [2.75, 3.05) is 6.61 Å². The molecule has 1 aliphatic heterocycles. The summed E-state index contributed by atoms with van der Waals surface area (Å²) in [5, 5.41) is 12.9. The Morgan fingerprint density at radius 1 is 1.39 bits per heavy atom. The highest BCUT2D eigenvalue weighted by atomic mass is 19.1. The summed E-state index contributed by atoms with van der Waals surface area (Å²) in [5.74, 6) is -1.33. The number of unbranched alkanes of at least 4 members (excludes halogenated alkanes) is 1. The summed E-state index contributed by atoms with van der Waals surface area (Å²) in [6.45, 7) is 10.3. The average molecular weight is 434 g/mol. The average Bonchev–Trinajstić information content (AvgIpc) is 2.77. The molecule has 2 heterocycles. The van der Waals surface area contributed by atoms with Gasteiger partial charge in [0, 0.05) is 6.54 Å². The molecule has 2 N–H and O–H groups in total. The first kappa shape index (κ1) is 24.5. The van der Waals surface area contributed by atoms with Crippen LogP contribution in [-0.4, -0.2) is 27.2 Å². The lowest BCUT2D eigenvalue weighted by molar-refractivity contribution is -0.0770. The van der Waals surface area contributed by atoms with Crippen molar-refractivity contribution in [3.8, 4) is 5.75 Å². The zero-order chi connectivity index (χ0) is 23.2. The molecule has 3 rings (SSSR count). The second kappa shape index (κ2) is 10.5. The molecule has 0 spiro atoms. The standard InChI is InChI=1S/C21H26FN3O4.C2H6/c1-4-5-8-21(3)20-24-16(17(26)19(28)25(20)9-10-29-21)18(27)23-12-14-6-7-15(22)13(2)11-14;1-2/h6-7,11,26H,4-5,8-10,12H2,1-3H3,(H,23,27);1-2H3. The van der Waals surface area contributed by atoms with Crippen LogP contribution in [0.15, 0.2) is 23.0 Å². The summed E-state index contributed by atoms with van der Waals surface area (Å²) in [7, 11) is 0. The van der Waals surface area contributed by atoms with E-state index in [4.69, 9.17) is 4.74 Å². The maximum atomic E-state index is 13.4. The number of nitrogens with one attached hydrogen (secondary N) is 1. The van der Waals surface area contributed by atoms with Crippen molar-refractivity contribution in [2.45, 2.75) is 72.6 Å². The lowest BCUT2D eigenvalue weighted by Crippen LogP contribution is -2.43.